The molecule has 0 atom stereocenters. The highest BCUT2D eigenvalue weighted by molar-refractivity contribution is 5.79. The van der Waals surface area contributed by atoms with Crippen LogP contribution >= 0.6 is 0 Å². The van der Waals surface area contributed by atoms with Crippen LogP contribution in [-0.2, 0) is 13.6 Å². The lowest BCUT2D eigenvalue weighted by Crippen LogP contribution is -2.38. The molecule has 0 saturated heterocycles. The number of nitrogens with one attached hydrogen (secondary N) is 1. The zero-order valence-corrected chi connectivity index (χ0v) is 11.6. The minimum absolute atomic E-state index is 0.742. The fourth-order valence-corrected chi connectivity index (χ4v) is 1.71. The van der Waals surface area contributed by atoms with Crippen molar-refractivity contribution in [2.45, 2.75) is 19.4 Å². The van der Waals surface area contributed by atoms with Gasteiger partial charge >= 0.3 is 0 Å². The smallest absolute Gasteiger partial charge is 0.193 e. The molecule has 0 spiro atoms. The van der Waals surface area contributed by atoms with Crippen LogP contribution in [0.25, 0.3) is 0 Å². The molecule has 0 amide bonds. The van der Waals surface area contributed by atoms with Crippen molar-refractivity contribution >= 4 is 5.96 Å². The molecule has 5 nitrogen and oxygen atoms in total. The minimum Gasteiger partial charge on any atom is -0.352 e. The van der Waals surface area contributed by atoms with Crippen LogP contribution in [0.1, 0.15) is 18.4 Å². The van der Waals surface area contributed by atoms with Gasteiger partial charge in [0.2, 0.25) is 0 Å². The van der Waals surface area contributed by atoms with Gasteiger partial charge in [-0.2, -0.15) is 5.10 Å². The number of allylic oxidation sites excluding steroid dienone is 1. The van der Waals surface area contributed by atoms with Crippen molar-refractivity contribution in [1.82, 2.24) is 20.0 Å². The third kappa shape index (κ3) is 4.61. The summed E-state index contributed by atoms with van der Waals surface area (Å²) < 4.78 is 1.80. The molecule has 0 unspecified atom stereocenters. The molecule has 1 rings (SSSR count). The van der Waals surface area contributed by atoms with E-state index < -0.39 is 0 Å². The average Bonchev–Trinajstić information content (AvgIpc) is 2.76. The molecule has 0 aliphatic rings. The van der Waals surface area contributed by atoms with Crippen molar-refractivity contribution < 1.29 is 0 Å². The maximum absolute atomic E-state index is 4.27. The number of hydrogen-bond donors (Lipinski definition) is 1. The van der Waals surface area contributed by atoms with Gasteiger partial charge in [0, 0.05) is 46.0 Å². The van der Waals surface area contributed by atoms with E-state index in [-0.39, 0.29) is 0 Å². The number of unbranched alkanes of at least 4 members (excludes halogenated alkanes) is 1. The van der Waals surface area contributed by atoms with Gasteiger partial charge < -0.3 is 10.2 Å². The van der Waals surface area contributed by atoms with Gasteiger partial charge in [-0.05, 0) is 12.8 Å². The maximum Gasteiger partial charge on any atom is 0.193 e. The molecule has 0 bridgehead atoms. The fourth-order valence-electron chi connectivity index (χ4n) is 1.71. The Morgan fingerprint density at radius 3 is 3.00 bits per heavy atom. The Bertz CT molecular complexity index is 394. The predicted octanol–water partition coefficient (Wildman–Crippen LogP) is 1.39. The number of aliphatic imine (C=N–C) groups is 1. The third-order valence-electron chi connectivity index (χ3n) is 2.68. The zero-order valence-electron chi connectivity index (χ0n) is 11.6. The first-order valence-corrected chi connectivity index (χ1v) is 6.17. The van der Waals surface area contributed by atoms with Crippen molar-refractivity contribution in [3.05, 3.63) is 30.6 Å². The summed E-state index contributed by atoms with van der Waals surface area (Å²) in [4.78, 5) is 6.39. The van der Waals surface area contributed by atoms with E-state index in [1.807, 2.05) is 32.6 Å². The Morgan fingerprint density at radius 2 is 2.44 bits per heavy atom. The van der Waals surface area contributed by atoms with E-state index in [1.54, 1.807) is 11.7 Å². The van der Waals surface area contributed by atoms with E-state index in [2.05, 4.69) is 26.9 Å². The molecule has 0 aliphatic carbocycles. The second kappa shape index (κ2) is 7.53. The number of aromatic nitrogens is 2. The summed E-state index contributed by atoms with van der Waals surface area (Å²) in [5.41, 5.74) is 1.15. The van der Waals surface area contributed by atoms with Crippen LogP contribution in [0.2, 0.25) is 0 Å². The monoisotopic (exact) mass is 249 g/mol. The minimum atomic E-state index is 0.742. The second-order valence-corrected chi connectivity index (χ2v) is 4.28. The summed E-state index contributed by atoms with van der Waals surface area (Å²) in [6.07, 6.45) is 7.92. The quantitative estimate of drug-likeness (QED) is 0.359. The first-order chi connectivity index (χ1) is 8.67. The molecule has 0 aromatic carbocycles. The highest BCUT2D eigenvalue weighted by atomic mass is 15.3. The Labute approximate surface area is 109 Å². The lowest BCUT2D eigenvalue weighted by Gasteiger charge is -2.21. The van der Waals surface area contributed by atoms with E-state index in [0.717, 1.165) is 37.5 Å². The van der Waals surface area contributed by atoms with Gasteiger partial charge in [0.05, 0.1) is 6.20 Å². The molecular weight excluding hydrogens is 226 g/mol. The van der Waals surface area contributed by atoms with Gasteiger partial charge in [-0.15, -0.1) is 6.58 Å². The SMILES string of the molecule is C=CCCCN(C)C(=NC)NCc1cnn(C)c1. The van der Waals surface area contributed by atoms with E-state index in [0.29, 0.717) is 0 Å². The first-order valence-electron chi connectivity index (χ1n) is 6.17. The Kier molecular flexibility index (Phi) is 5.97. The molecule has 0 radical (unpaired) electrons. The van der Waals surface area contributed by atoms with Crippen LogP contribution < -0.4 is 5.32 Å². The van der Waals surface area contributed by atoms with Crippen molar-refractivity contribution in [3.63, 3.8) is 0 Å². The summed E-state index contributed by atoms with van der Waals surface area (Å²) in [6, 6.07) is 0. The Hall–Kier alpha value is -1.78. The topological polar surface area (TPSA) is 45.4 Å². The van der Waals surface area contributed by atoms with E-state index in [4.69, 9.17) is 0 Å². The first kappa shape index (κ1) is 14.3. The number of rotatable bonds is 6. The number of hydrogen-bond acceptors (Lipinski definition) is 2. The van der Waals surface area contributed by atoms with Crippen LogP contribution in [0.5, 0.6) is 0 Å². The summed E-state index contributed by atoms with van der Waals surface area (Å²) in [5.74, 6) is 0.905. The zero-order chi connectivity index (χ0) is 13.4. The molecule has 1 aromatic heterocycles. The van der Waals surface area contributed by atoms with Crippen LogP contribution in [0.15, 0.2) is 30.0 Å². The molecule has 0 saturated carbocycles. The Balaban J connectivity index is 2.39. The van der Waals surface area contributed by atoms with Gasteiger partial charge in [-0.25, -0.2) is 0 Å². The molecule has 5 heteroatoms. The molecule has 1 heterocycles. The lowest BCUT2D eigenvalue weighted by atomic mass is 10.3. The largest absolute Gasteiger partial charge is 0.352 e. The maximum atomic E-state index is 4.27. The van der Waals surface area contributed by atoms with Gasteiger partial charge in [0.15, 0.2) is 5.96 Å². The number of nitrogens with zero attached hydrogens (tertiary/aromatic N) is 4. The molecule has 100 valence electrons. The molecule has 1 N–H and O–H groups in total. The summed E-state index contributed by atoms with van der Waals surface area (Å²) >= 11 is 0. The summed E-state index contributed by atoms with van der Waals surface area (Å²) in [6.45, 7) is 5.44. The van der Waals surface area contributed by atoms with E-state index in [9.17, 15) is 0 Å². The molecular formula is C13H23N5. The molecule has 18 heavy (non-hydrogen) atoms. The van der Waals surface area contributed by atoms with Crippen molar-refractivity contribution in [2.75, 3.05) is 20.6 Å². The normalized spacial score (nSPS) is 11.4. The van der Waals surface area contributed by atoms with Crippen LogP contribution in [0, 0.1) is 0 Å². The lowest BCUT2D eigenvalue weighted by molar-refractivity contribution is 0.470. The highest BCUT2D eigenvalue weighted by Gasteiger charge is 2.05. The average molecular weight is 249 g/mol. The van der Waals surface area contributed by atoms with Gasteiger partial charge in [-0.3, -0.25) is 9.67 Å². The van der Waals surface area contributed by atoms with Crippen LogP contribution in [0.4, 0.5) is 0 Å². The summed E-state index contributed by atoms with van der Waals surface area (Å²) in [5, 5.41) is 7.46. The van der Waals surface area contributed by atoms with E-state index in [1.165, 1.54) is 0 Å². The van der Waals surface area contributed by atoms with Gasteiger partial charge in [0.25, 0.3) is 0 Å². The predicted molar refractivity (Wildman–Crippen MR) is 75.5 cm³/mol. The third-order valence-corrected chi connectivity index (χ3v) is 2.68. The van der Waals surface area contributed by atoms with Crippen molar-refractivity contribution in [3.8, 4) is 0 Å². The Morgan fingerprint density at radius 1 is 1.67 bits per heavy atom. The summed E-state index contributed by atoms with van der Waals surface area (Å²) in [7, 11) is 5.76. The molecule has 0 fully saturated rings. The van der Waals surface area contributed by atoms with Crippen LogP contribution in [-0.4, -0.2) is 41.3 Å². The number of guanidine groups is 1. The van der Waals surface area contributed by atoms with E-state index >= 15 is 0 Å². The second-order valence-electron chi connectivity index (χ2n) is 4.28. The fraction of sp³-hybridized carbons (Fsp3) is 0.538. The van der Waals surface area contributed by atoms with Gasteiger partial charge in [0.1, 0.15) is 0 Å². The van der Waals surface area contributed by atoms with Crippen molar-refractivity contribution in [2.24, 2.45) is 12.0 Å². The van der Waals surface area contributed by atoms with Gasteiger partial charge in [-0.1, -0.05) is 6.08 Å². The van der Waals surface area contributed by atoms with Crippen LogP contribution in [0.3, 0.4) is 0 Å². The number of aryl methyl sites for hydroxylation is 1. The molecule has 0 aliphatic heterocycles. The van der Waals surface area contributed by atoms with Crippen molar-refractivity contribution in [1.29, 1.82) is 0 Å². The molecule has 1 aromatic rings. The standard InChI is InChI=1S/C13H23N5/c1-5-6-7-8-17(3)13(14-2)15-9-12-10-16-18(4)11-12/h5,10-11H,1,6-9H2,2-4H3,(H,14,15). The highest BCUT2D eigenvalue weighted by Crippen LogP contribution is 1.98.